The van der Waals surface area contributed by atoms with Gasteiger partial charge in [0.05, 0.1) is 6.20 Å². The molecule has 2 aromatic rings. The molecule has 0 radical (unpaired) electrons. The topological polar surface area (TPSA) is 34.9 Å². The second kappa shape index (κ2) is 5.73. The van der Waals surface area contributed by atoms with Crippen LogP contribution < -0.4 is 0 Å². The van der Waals surface area contributed by atoms with Crippen molar-refractivity contribution >= 4 is 5.78 Å². The number of hydrogen-bond acceptors (Lipinski definition) is 2. The van der Waals surface area contributed by atoms with Crippen LogP contribution in [-0.2, 0) is 24.2 Å². The van der Waals surface area contributed by atoms with E-state index in [1.165, 1.54) is 6.07 Å². The molecule has 0 N–H and O–H groups in total. The first kappa shape index (κ1) is 13.4. The Balaban J connectivity index is 2.05. The Labute approximate surface area is 109 Å². The molecule has 100 valence electrons. The minimum atomic E-state index is -0.683. The summed E-state index contributed by atoms with van der Waals surface area (Å²) in [4.78, 5) is 11.8. The van der Waals surface area contributed by atoms with Crippen LogP contribution in [-0.4, -0.2) is 15.6 Å². The third-order valence-corrected chi connectivity index (χ3v) is 2.85. The fourth-order valence-corrected chi connectivity index (χ4v) is 1.86. The van der Waals surface area contributed by atoms with Crippen molar-refractivity contribution in [3.63, 3.8) is 0 Å². The lowest BCUT2D eigenvalue weighted by Crippen LogP contribution is -2.09. The van der Waals surface area contributed by atoms with Crippen LogP contribution in [0.3, 0.4) is 0 Å². The highest BCUT2D eigenvalue weighted by molar-refractivity contribution is 5.83. The van der Waals surface area contributed by atoms with Crippen molar-refractivity contribution < 1.29 is 13.6 Å². The van der Waals surface area contributed by atoms with E-state index in [9.17, 15) is 13.6 Å². The van der Waals surface area contributed by atoms with E-state index in [-0.39, 0.29) is 24.2 Å². The molecule has 2 rings (SSSR count). The van der Waals surface area contributed by atoms with E-state index in [0.717, 1.165) is 24.2 Å². The van der Waals surface area contributed by atoms with E-state index in [4.69, 9.17) is 0 Å². The van der Waals surface area contributed by atoms with Gasteiger partial charge in [0.1, 0.15) is 17.4 Å². The van der Waals surface area contributed by atoms with Crippen molar-refractivity contribution in [3.05, 3.63) is 53.4 Å². The molecule has 0 unspecified atom stereocenters. The molecule has 0 aliphatic rings. The van der Waals surface area contributed by atoms with E-state index in [2.05, 4.69) is 5.10 Å². The van der Waals surface area contributed by atoms with Crippen molar-refractivity contribution in [2.45, 2.75) is 26.3 Å². The molecular weight excluding hydrogens is 250 g/mol. The maximum Gasteiger partial charge on any atom is 0.141 e. The quantitative estimate of drug-likeness (QED) is 0.831. The van der Waals surface area contributed by atoms with Gasteiger partial charge in [-0.15, -0.1) is 0 Å². The predicted molar refractivity (Wildman–Crippen MR) is 66.7 cm³/mol. The molecular formula is C14H14F2N2O. The molecule has 0 atom stereocenters. The van der Waals surface area contributed by atoms with E-state index in [0.29, 0.717) is 0 Å². The Morgan fingerprint density at radius 3 is 2.53 bits per heavy atom. The number of nitrogens with zero attached hydrogens (tertiary/aromatic N) is 2. The van der Waals surface area contributed by atoms with Crippen molar-refractivity contribution in [3.8, 4) is 0 Å². The average molecular weight is 264 g/mol. The van der Waals surface area contributed by atoms with Gasteiger partial charge in [-0.25, -0.2) is 8.78 Å². The fourth-order valence-electron chi connectivity index (χ4n) is 1.86. The van der Waals surface area contributed by atoms with Crippen LogP contribution in [0.2, 0.25) is 0 Å². The number of carbonyl (C=O) groups is 1. The first-order chi connectivity index (χ1) is 9.10. The molecule has 0 aliphatic carbocycles. The molecule has 0 amide bonds. The van der Waals surface area contributed by atoms with Gasteiger partial charge in [-0.1, -0.05) is 6.07 Å². The molecule has 5 heteroatoms. The zero-order valence-corrected chi connectivity index (χ0v) is 10.6. The lowest BCUT2D eigenvalue weighted by atomic mass is 10.0. The van der Waals surface area contributed by atoms with Gasteiger partial charge < -0.3 is 0 Å². The molecule has 1 aromatic heterocycles. The molecule has 19 heavy (non-hydrogen) atoms. The van der Waals surface area contributed by atoms with Gasteiger partial charge >= 0.3 is 0 Å². The number of halogens is 2. The maximum absolute atomic E-state index is 13.4. The van der Waals surface area contributed by atoms with Crippen LogP contribution in [0.5, 0.6) is 0 Å². The Morgan fingerprint density at radius 1 is 1.26 bits per heavy atom. The summed E-state index contributed by atoms with van der Waals surface area (Å²) < 4.78 is 28.5. The van der Waals surface area contributed by atoms with Crippen LogP contribution in [0, 0.1) is 11.6 Å². The van der Waals surface area contributed by atoms with Crippen molar-refractivity contribution in [1.82, 2.24) is 9.78 Å². The summed E-state index contributed by atoms with van der Waals surface area (Å²) in [6, 6.07) is 3.59. The number of benzene rings is 1. The number of Topliss-reactive ketones (excluding diaryl/α,β-unsaturated/α-hetero) is 1. The highest BCUT2D eigenvalue weighted by atomic mass is 19.1. The molecule has 1 aromatic carbocycles. The van der Waals surface area contributed by atoms with Gasteiger partial charge in [0, 0.05) is 31.1 Å². The summed E-state index contributed by atoms with van der Waals surface area (Å²) in [5, 5.41) is 4.05. The zero-order chi connectivity index (χ0) is 13.8. The largest absolute Gasteiger partial charge is 0.299 e. The zero-order valence-electron chi connectivity index (χ0n) is 10.6. The van der Waals surface area contributed by atoms with E-state index < -0.39 is 11.6 Å². The molecule has 1 heterocycles. The summed E-state index contributed by atoms with van der Waals surface area (Å²) in [5.74, 6) is -1.60. The SMILES string of the molecule is CCn1cc(CC(=O)Cc2c(F)cccc2F)cn1. The first-order valence-electron chi connectivity index (χ1n) is 6.06. The van der Waals surface area contributed by atoms with Gasteiger partial charge in [-0.05, 0) is 24.6 Å². The predicted octanol–water partition coefficient (Wildman–Crippen LogP) is 2.54. The normalized spacial score (nSPS) is 10.7. The minimum Gasteiger partial charge on any atom is -0.299 e. The average Bonchev–Trinajstić information content (AvgIpc) is 2.81. The van der Waals surface area contributed by atoms with Crippen LogP contribution in [0.25, 0.3) is 0 Å². The standard InChI is InChI=1S/C14H14F2N2O/c1-2-18-9-10(8-17-18)6-11(19)7-12-13(15)4-3-5-14(12)16/h3-5,8-9H,2,6-7H2,1H3. The van der Waals surface area contributed by atoms with E-state index in [1.807, 2.05) is 6.92 Å². The Morgan fingerprint density at radius 2 is 1.95 bits per heavy atom. The van der Waals surface area contributed by atoms with E-state index in [1.54, 1.807) is 17.1 Å². The maximum atomic E-state index is 13.4. The van der Waals surface area contributed by atoms with Gasteiger partial charge in [-0.2, -0.15) is 5.10 Å². The molecule has 0 saturated heterocycles. The highest BCUT2D eigenvalue weighted by Gasteiger charge is 2.14. The molecule has 0 saturated carbocycles. The van der Waals surface area contributed by atoms with Gasteiger partial charge in [0.15, 0.2) is 0 Å². The lowest BCUT2D eigenvalue weighted by Gasteiger charge is -2.03. The summed E-state index contributed by atoms with van der Waals surface area (Å²) >= 11 is 0. The van der Waals surface area contributed by atoms with Crippen molar-refractivity contribution in [2.24, 2.45) is 0 Å². The second-order valence-corrected chi connectivity index (χ2v) is 4.30. The number of carbonyl (C=O) groups excluding carboxylic acids is 1. The number of ketones is 1. The van der Waals surface area contributed by atoms with Crippen molar-refractivity contribution in [2.75, 3.05) is 0 Å². The third-order valence-electron chi connectivity index (χ3n) is 2.85. The second-order valence-electron chi connectivity index (χ2n) is 4.30. The van der Waals surface area contributed by atoms with Gasteiger partial charge in [-0.3, -0.25) is 9.48 Å². The third kappa shape index (κ3) is 3.24. The van der Waals surface area contributed by atoms with Crippen LogP contribution in [0.1, 0.15) is 18.1 Å². The summed E-state index contributed by atoms with van der Waals surface area (Å²) in [6.45, 7) is 2.66. The summed E-state index contributed by atoms with van der Waals surface area (Å²) in [7, 11) is 0. The van der Waals surface area contributed by atoms with Gasteiger partial charge in [0.2, 0.25) is 0 Å². The number of rotatable bonds is 5. The van der Waals surface area contributed by atoms with Crippen LogP contribution >= 0.6 is 0 Å². The summed E-state index contributed by atoms with van der Waals surface area (Å²) in [6.07, 6.45) is 3.25. The number of hydrogen-bond donors (Lipinski definition) is 0. The number of aryl methyl sites for hydroxylation is 1. The fraction of sp³-hybridized carbons (Fsp3) is 0.286. The lowest BCUT2D eigenvalue weighted by molar-refractivity contribution is -0.117. The van der Waals surface area contributed by atoms with Crippen LogP contribution in [0.4, 0.5) is 8.78 Å². The molecule has 3 nitrogen and oxygen atoms in total. The molecule has 0 fully saturated rings. The van der Waals surface area contributed by atoms with Gasteiger partial charge in [0.25, 0.3) is 0 Å². The smallest absolute Gasteiger partial charge is 0.141 e. The van der Waals surface area contributed by atoms with Crippen LogP contribution in [0.15, 0.2) is 30.6 Å². The first-order valence-corrected chi connectivity index (χ1v) is 6.06. The monoisotopic (exact) mass is 264 g/mol. The van der Waals surface area contributed by atoms with E-state index >= 15 is 0 Å². The Bertz CT molecular complexity index is 573. The summed E-state index contributed by atoms with van der Waals surface area (Å²) in [5.41, 5.74) is 0.582. The Hall–Kier alpha value is -2.04. The number of aromatic nitrogens is 2. The Kier molecular flexibility index (Phi) is 4.04. The molecule has 0 spiro atoms. The minimum absolute atomic E-state index is 0.133. The highest BCUT2D eigenvalue weighted by Crippen LogP contribution is 2.14. The van der Waals surface area contributed by atoms with Crippen molar-refractivity contribution in [1.29, 1.82) is 0 Å². The molecule has 0 aliphatic heterocycles. The molecule has 0 bridgehead atoms.